The largest absolute Gasteiger partial charge is 0.399 e. The van der Waals surface area contributed by atoms with Gasteiger partial charge in [0.1, 0.15) is 4.90 Å². The van der Waals surface area contributed by atoms with Crippen molar-refractivity contribution in [3.8, 4) is 12.3 Å². The second kappa shape index (κ2) is 6.10. The molecule has 6 heteroatoms. The van der Waals surface area contributed by atoms with Crippen LogP contribution in [-0.2, 0) is 10.0 Å². The molecule has 1 aromatic carbocycles. The maximum atomic E-state index is 12.4. The number of benzene rings is 1. The molecule has 0 radical (unpaired) electrons. The van der Waals surface area contributed by atoms with Crippen LogP contribution in [0.5, 0.6) is 0 Å². The van der Waals surface area contributed by atoms with Crippen molar-refractivity contribution < 1.29 is 8.42 Å². The molecular formula is C12H15ClN2O2S. The zero-order valence-corrected chi connectivity index (χ0v) is 11.6. The van der Waals surface area contributed by atoms with Crippen LogP contribution in [0.3, 0.4) is 0 Å². The number of rotatable bonds is 5. The summed E-state index contributed by atoms with van der Waals surface area (Å²) >= 11 is 5.91. The van der Waals surface area contributed by atoms with Crippen molar-refractivity contribution in [1.82, 2.24) is 4.31 Å². The van der Waals surface area contributed by atoms with E-state index >= 15 is 0 Å². The van der Waals surface area contributed by atoms with Crippen molar-refractivity contribution in [3.63, 3.8) is 0 Å². The minimum absolute atomic E-state index is 0.00660. The Morgan fingerprint density at radius 1 is 1.50 bits per heavy atom. The van der Waals surface area contributed by atoms with Gasteiger partial charge in [-0.1, -0.05) is 24.4 Å². The molecule has 0 heterocycles. The van der Waals surface area contributed by atoms with Gasteiger partial charge in [0.15, 0.2) is 0 Å². The fraction of sp³-hybridized carbons (Fsp3) is 0.333. The lowest BCUT2D eigenvalue weighted by atomic mass is 10.3. The van der Waals surface area contributed by atoms with Gasteiger partial charge in [0, 0.05) is 12.2 Å². The molecule has 0 aliphatic carbocycles. The van der Waals surface area contributed by atoms with Crippen molar-refractivity contribution in [2.75, 3.05) is 18.8 Å². The summed E-state index contributed by atoms with van der Waals surface area (Å²) in [7, 11) is -3.70. The number of halogens is 1. The highest BCUT2D eigenvalue weighted by Gasteiger charge is 2.25. The molecule has 2 N–H and O–H groups in total. The fourth-order valence-corrected chi connectivity index (χ4v) is 3.45. The maximum Gasteiger partial charge on any atom is 0.245 e. The van der Waals surface area contributed by atoms with Crippen molar-refractivity contribution in [2.24, 2.45) is 0 Å². The Kier molecular flexibility index (Phi) is 5.03. The van der Waals surface area contributed by atoms with Crippen LogP contribution in [0.2, 0.25) is 5.02 Å². The summed E-state index contributed by atoms with van der Waals surface area (Å²) in [5, 5.41) is 0.141. The first-order valence-electron chi connectivity index (χ1n) is 5.42. The van der Waals surface area contributed by atoms with E-state index in [1.807, 2.05) is 6.92 Å². The van der Waals surface area contributed by atoms with Crippen LogP contribution in [0.15, 0.2) is 23.1 Å². The predicted molar refractivity (Wildman–Crippen MR) is 73.7 cm³/mol. The molecule has 0 saturated carbocycles. The predicted octanol–water partition coefficient (Wildman–Crippen LogP) is 1.96. The topological polar surface area (TPSA) is 63.4 Å². The molecule has 0 spiro atoms. The average molecular weight is 287 g/mol. The lowest BCUT2D eigenvalue weighted by Crippen LogP contribution is -2.32. The zero-order chi connectivity index (χ0) is 13.8. The van der Waals surface area contributed by atoms with E-state index in [1.54, 1.807) is 6.07 Å². The SMILES string of the molecule is C#CCN(CCC)S(=O)(=O)c1cc(N)ccc1Cl. The second-order valence-corrected chi connectivity index (χ2v) is 6.05. The zero-order valence-electron chi connectivity index (χ0n) is 10.1. The Hall–Kier alpha value is -1.22. The lowest BCUT2D eigenvalue weighted by Gasteiger charge is -2.20. The number of hydrogen-bond acceptors (Lipinski definition) is 3. The van der Waals surface area contributed by atoms with E-state index in [1.165, 1.54) is 16.4 Å². The molecule has 0 saturated heterocycles. The Labute approximate surface area is 113 Å². The first kappa shape index (κ1) is 14.8. The highest BCUT2D eigenvalue weighted by atomic mass is 35.5. The van der Waals surface area contributed by atoms with Gasteiger partial charge < -0.3 is 5.73 Å². The molecule has 0 atom stereocenters. The molecule has 0 aliphatic rings. The number of anilines is 1. The van der Waals surface area contributed by atoms with Gasteiger partial charge in [0.25, 0.3) is 0 Å². The first-order valence-corrected chi connectivity index (χ1v) is 7.24. The van der Waals surface area contributed by atoms with Crippen LogP contribution < -0.4 is 5.73 Å². The quantitative estimate of drug-likeness (QED) is 0.665. The average Bonchev–Trinajstić information content (AvgIpc) is 2.32. The van der Waals surface area contributed by atoms with Crippen LogP contribution >= 0.6 is 11.6 Å². The van der Waals surface area contributed by atoms with E-state index in [-0.39, 0.29) is 16.5 Å². The molecule has 0 aromatic heterocycles. The van der Waals surface area contributed by atoms with Crippen molar-refractivity contribution in [2.45, 2.75) is 18.2 Å². The number of sulfonamides is 1. The third-order valence-electron chi connectivity index (χ3n) is 2.31. The van der Waals surface area contributed by atoms with Crippen LogP contribution in [-0.4, -0.2) is 25.8 Å². The molecule has 0 fully saturated rings. The van der Waals surface area contributed by atoms with Gasteiger partial charge in [-0.15, -0.1) is 6.42 Å². The molecule has 0 amide bonds. The van der Waals surface area contributed by atoms with Crippen LogP contribution in [0.25, 0.3) is 0 Å². The summed E-state index contributed by atoms with van der Waals surface area (Å²) < 4.78 is 26.0. The van der Waals surface area contributed by atoms with E-state index in [0.717, 1.165) is 0 Å². The minimum atomic E-state index is -3.70. The van der Waals surface area contributed by atoms with Gasteiger partial charge in [-0.25, -0.2) is 8.42 Å². The van der Waals surface area contributed by atoms with Crippen molar-refractivity contribution >= 4 is 27.3 Å². The maximum absolute atomic E-state index is 12.4. The summed E-state index contributed by atoms with van der Waals surface area (Å²) in [5.41, 5.74) is 5.93. The number of nitrogens with zero attached hydrogens (tertiary/aromatic N) is 1. The van der Waals surface area contributed by atoms with E-state index in [2.05, 4.69) is 5.92 Å². The molecule has 1 rings (SSSR count). The monoisotopic (exact) mass is 286 g/mol. The first-order chi connectivity index (χ1) is 8.43. The van der Waals surface area contributed by atoms with E-state index in [9.17, 15) is 8.42 Å². The molecular weight excluding hydrogens is 272 g/mol. The number of terminal acetylenes is 1. The number of nitrogens with two attached hydrogens (primary N) is 1. The Morgan fingerprint density at radius 2 is 2.17 bits per heavy atom. The van der Waals surface area contributed by atoms with Gasteiger partial charge in [-0.05, 0) is 24.6 Å². The van der Waals surface area contributed by atoms with Crippen LogP contribution in [0.4, 0.5) is 5.69 Å². The standard InChI is InChI=1S/C12H15ClN2O2S/c1-3-7-15(8-4-2)18(16,17)12-9-10(14)5-6-11(12)13/h1,5-6,9H,4,7-8,14H2,2H3. The van der Waals surface area contributed by atoms with E-state index in [4.69, 9.17) is 23.8 Å². The van der Waals surface area contributed by atoms with Crippen molar-refractivity contribution in [3.05, 3.63) is 23.2 Å². The lowest BCUT2D eigenvalue weighted by molar-refractivity contribution is 0.446. The Morgan fingerprint density at radius 3 is 2.72 bits per heavy atom. The molecule has 0 bridgehead atoms. The third-order valence-corrected chi connectivity index (χ3v) is 4.64. The summed E-state index contributed by atoms with van der Waals surface area (Å²) in [6.45, 7) is 2.24. The molecule has 0 unspecified atom stereocenters. The summed E-state index contributed by atoms with van der Waals surface area (Å²) in [6, 6.07) is 4.35. The Bertz CT molecular complexity index is 564. The summed E-state index contributed by atoms with van der Waals surface area (Å²) in [5.74, 6) is 2.33. The second-order valence-electron chi connectivity index (χ2n) is 3.73. The number of nitrogen functional groups attached to an aromatic ring is 1. The van der Waals surface area contributed by atoms with Gasteiger partial charge in [-0.2, -0.15) is 4.31 Å². The molecule has 0 aliphatic heterocycles. The molecule has 1 aromatic rings. The van der Waals surface area contributed by atoms with E-state index in [0.29, 0.717) is 18.7 Å². The smallest absolute Gasteiger partial charge is 0.245 e. The summed E-state index contributed by atoms with van der Waals surface area (Å²) in [6.07, 6.45) is 5.86. The van der Waals surface area contributed by atoms with Gasteiger partial charge in [0.05, 0.1) is 11.6 Å². The van der Waals surface area contributed by atoms with Crippen molar-refractivity contribution in [1.29, 1.82) is 0 Å². The number of hydrogen-bond donors (Lipinski definition) is 1. The van der Waals surface area contributed by atoms with Crippen LogP contribution in [0, 0.1) is 12.3 Å². The molecule has 18 heavy (non-hydrogen) atoms. The minimum Gasteiger partial charge on any atom is -0.399 e. The van der Waals surface area contributed by atoms with E-state index < -0.39 is 10.0 Å². The van der Waals surface area contributed by atoms with Gasteiger partial charge in [0.2, 0.25) is 10.0 Å². The highest BCUT2D eigenvalue weighted by Crippen LogP contribution is 2.26. The summed E-state index contributed by atoms with van der Waals surface area (Å²) in [4.78, 5) is -0.00660. The molecule has 4 nitrogen and oxygen atoms in total. The fourth-order valence-electron chi connectivity index (χ4n) is 1.49. The van der Waals surface area contributed by atoms with Gasteiger partial charge in [-0.3, -0.25) is 0 Å². The molecule has 98 valence electrons. The normalized spacial score (nSPS) is 11.4. The van der Waals surface area contributed by atoms with Crippen LogP contribution in [0.1, 0.15) is 13.3 Å². The Balaban J connectivity index is 3.26. The van der Waals surface area contributed by atoms with Gasteiger partial charge >= 0.3 is 0 Å². The highest BCUT2D eigenvalue weighted by molar-refractivity contribution is 7.89. The third kappa shape index (κ3) is 3.16.